The first-order valence-corrected chi connectivity index (χ1v) is 7.12. The van der Waals surface area contributed by atoms with Gasteiger partial charge in [0, 0.05) is 0 Å². The second-order valence-corrected chi connectivity index (χ2v) is 5.34. The molecule has 0 aliphatic heterocycles. The molecular formula is C16H23NO2. The molecule has 104 valence electrons. The summed E-state index contributed by atoms with van der Waals surface area (Å²) in [5.74, 6) is 0.547. The highest BCUT2D eigenvalue weighted by atomic mass is 16.5. The SMILES string of the molecule is CCCC(NCC1CC1)(C(=O)OC)c1ccccc1. The van der Waals surface area contributed by atoms with Gasteiger partial charge in [-0.05, 0) is 37.3 Å². The third kappa shape index (κ3) is 3.16. The van der Waals surface area contributed by atoms with Gasteiger partial charge in [0.15, 0.2) is 0 Å². The van der Waals surface area contributed by atoms with Gasteiger partial charge in [-0.3, -0.25) is 5.32 Å². The van der Waals surface area contributed by atoms with Crippen LogP contribution in [0.25, 0.3) is 0 Å². The fraction of sp³-hybridized carbons (Fsp3) is 0.562. The molecule has 1 N–H and O–H groups in total. The van der Waals surface area contributed by atoms with Crippen molar-refractivity contribution in [1.29, 1.82) is 0 Å². The minimum atomic E-state index is -0.687. The van der Waals surface area contributed by atoms with Gasteiger partial charge in [0.25, 0.3) is 0 Å². The lowest BCUT2D eigenvalue weighted by molar-refractivity contribution is -0.149. The Bertz CT molecular complexity index is 414. The lowest BCUT2D eigenvalue weighted by Crippen LogP contribution is -2.50. The maximum atomic E-state index is 12.4. The quantitative estimate of drug-likeness (QED) is 0.767. The normalized spacial score (nSPS) is 17.8. The van der Waals surface area contributed by atoms with E-state index < -0.39 is 5.54 Å². The number of carbonyl (C=O) groups excluding carboxylic acids is 1. The zero-order chi connectivity index (χ0) is 13.7. The van der Waals surface area contributed by atoms with Crippen molar-refractivity contribution < 1.29 is 9.53 Å². The topological polar surface area (TPSA) is 38.3 Å². The van der Waals surface area contributed by atoms with Crippen LogP contribution in [-0.4, -0.2) is 19.6 Å². The van der Waals surface area contributed by atoms with Crippen LogP contribution in [0.2, 0.25) is 0 Å². The number of hydrogen-bond donors (Lipinski definition) is 1. The molecule has 0 radical (unpaired) electrons. The highest BCUT2D eigenvalue weighted by Crippen LogP contribution is 2.32. The van der Waals surface area contributed by atoms with Gasteiger partial charge >= 0.3 is 5.97 Å². The molecule has 1 fully saturated rings. The first-order valence-electron chi connectivity index (χ1n) is 7.12. The Hall–Kier alpha value is -1.35. The molecule has 1 aromatic rings. The van der Waals surface area contributed by atoms with Gasteiger partial charge in [-0.1, -0.05) is 43.7 Å². The summed E-state index contributed by atoms with van der Waals surface area (Å²) in [4.78, 5) is 12.4. The molecule has 1 saturated carbocycles. The van der Waals surface area contributed by atoms with Crippen molar-refractivity contribution in [2.75, 3.05) is 13.7 Å². The largest absolute Gasteiger partial charge is 0.467 e. The molecule has 1 aliphatic rings. The lowest BCUT2D eigenvalue weighted by Gasteiger charge is -2.32. The molecule has 1 atom stereocenters. The Morgan fingerprint density at radius 1 is 1.37 bits per heavy atom. The van der Waals surface area contributed by atoms with E-state index in [0.717, 1.165) is 30.9 Å². The standard InChI is InChI=1S/C16H23NO2/c1-3-11-16(15(18)19-2,17-12-13-9-10-13)14-7-5-4-6-8-14/h4-8,13,17H,3,9-12H2,1-2H3. The molecule has 19 heavy (non-hydrogen) atoms. The predicted molar refractivity (Wildman–Crippen MR) is 75.8 cm³/mol. The molecule has 0 aromatic heterocycles. The van der Waals surface area contributed by atoms with Gasteiger partial charge in [0.2, 0.25) is 0 Å². The van der Waals surface area contributed by atoms with Crippen molar-refractivity contribution in [3.63, 3.8) is 0 Å². The van der Waals surface area contributed by atoms with Crippen LogP contribution in [0.5, 0.6) is 0 Å². The van der Waals surface area contributed by atoms with Crippen LogP contribution in [0.4, 0.5) is 0 Å². The first-order chi connectivity index (χ1) is 9.23. The number of methoxy groups -OCH3 is 1. The number of benzene rings is 1. The third-order valence-electron chi connectivity index (χ3n) is 3.81. The van der Waals surface area contributed by atoms with Crippen LogP contribution in [0.1, 0.15) is 38.2 Å². The van der Waals surface area contributed by atoms with E-state index in [1.807, 2.05) is 30.3 Å². The van der Waals surface area contributed by atoms with Crippen molar-refractivity contribution in [2.24, 2.45) is 5.92 Å². The van der Waals surface area contributed by atoms with Crippen molar-refractivity contribution in [3.05, 3.63) is 35.9 Å². The summed E-state index contributed by atoms with van der Waals surface area (Å²) in [7, 11) is 1.47. The molecule has 1 aromatic carbocycles. The van der Waals surface area contributed by atoms with Gasteiger partial charge in [-0.25, -0.2) is 4.79 Å². The highest BCUT2D eigenvalue weighted by Gasteiger charge is 2.41. The van der Waals surface area contributed by atoms with Crippen LogP contribution < -0.4 is 5.32 Å². The molecule has 2 rings (SSSR count). The molecule has 1 aliphatic carbocycles. The number of nitrogens with one attached hydrogen (secondary N) is 1. The fourth-order valence-electron chi connectivity index (χ4n) is 2.54. The summed E-state index contributed by atoms with van der Waals surface area (Å²) < 4.78 is 5.07. The van der Waals surface area contributed by atoms with E-state index in [1.54, 1.807) is 0 Å². The summed E-state index contributed by atoms with van der Waals surface area (Å²) in [6.07, 6.45) is 4.23. The molecule has 1 unspecified atom stereocenters. The molecular weight excluding hydrogens is 238 g/mol. The summed E-state index contributed by atoms with van der Waals surface area (Å²) in [5.41, 5.74) is 0.317. The zero-order valence-corrected chi connectivity index (χ0v) is 11.8. The van der Waals surface area contributed by atoms with Crippen LogP contribution >= 0.6 is 0 Å². The smallest absolute Gasteiger partial charge is 0.330 e. The Labute approximate surface area is 115 Å². The Morgan fingerprint density at radius 2 is 2.05 bits per heavy atom. The van der Waals surface area contributed by atoms with E-state index in [0.29, 0.717) is 0 Å². The average Bonchev–Trinajstić information content (AvgIpc) is 3.28. The minimum absolute atomic E-state index is 0.179. The fourth-order valence-corrected chi connectivity index (χ4v) is 2.54. The van der Waals surface area contributed by atoms with E-state index in [2.05, 4.69) is 12.2 Å². The van der Waals surface area contributed by atoms with Gasteiger partial charge in [-0.2, -0.15) is 0 Å². The van der Waals surface area contributed by atoms with Gasteiger partial charge in [0.1, 0.15) is 5.54 Å². The second kappa shape index (κ2) is 6.20. The monoisotopic (exact) mass is 261 g/mol. The highest BCUT2D eigenvalue weighted by molar-refractivity contribution is 5.82. The zero-order valence-electron chi connectivity index (χ0n) is 11.8. The second-order valence-electron chi connectivity index (χ2n) is 5.34. The van der Waals surface area contributed by atoms with E-state index in [1.165, 1.54) is 20.0 Å². The van der Waals surface area contributed by atoms with Crippen LogP contribution in [0, 0.1) is 5.92 Å². The summed E-state index contributed by atoms with van der Waals surface area (Å²) in [6.45, 7) is 2.99. The molecule has 0 amide bonds. The predicted octanol–water partition coefficient (Wildman–Crippen LogP) is 2.85. The van der Waals surface area contributed by atoms with Crippen LogP contribution in [0.15, 0.2) is 30.3 Å². The number of ether oxygens (including phenoxy) is 1. The van der Waals surface area contributed by atoms with Gasteiger partial charge < -0.3 is 4.74 Å². The van der Waals surface area contributed by atoms with Crippen LogP contribution in [-0.2, 0) is 15.1 Å². The molecule has 0 bridgehead atoms. The van der Waals surface area contributed by atoms with Crippen molar-refractivity contribution >= 4 is 5.97 Å². The maximum Gasteiger partial charge on any atom is 0.330 e. The number of esters is 1. The maximum absolute atomic E-state index is 12.4. The molecule has 3 nitrogen and oxygen atoms in total. The molecule has 0 saturated heterocycles. The van der Waals surface area contributed by atoms with Crippen molar-refractivity contribution in [1.82, 2.24) is 5.32 Å². The van der Waals surface area contributed by atoms with Crippen LogP contribution in [0.3, 0.4) is 0 Å². The third-order valence-corrected chi connectivity index (χ3v) is 3.81. The van der Waals surface area contributed by atoms with Gasteiger partial charge in [0.05, 0.1) is 7.11 Å². The summed E-state index contributed by atoms with van der Waals surface area (Å²) in [5, 5.41) is 3.49. The number of hydrogen-bond acceptors (Lipinski definition) is 3. The molecule has 3 heteroatoms. The number of carbonyl (C=O) groups is 1. The van der Waals surface area contributed by atoms with E-state index in [9.17, 15) is 4.79 Å². The number of rotatable bonds is 7. The average molecular weight is 261 g/mol. The lowest BCUT2D eigenvalue weighted by atomic mass is 9.85. The van der Waals surface area contributed by atoms with E-state index in [4.69, 9.17) is 4.74 Å². The summed E-state index contributed by atoms with van der Waals surface area (Å²) in [6, 6.07) is 9.93. The van der Waals surface area contributed by atoms with E-state index >= 15 is 0 Å². The Kier molecular flexibility index (Phi) is 4.59. The Balaban J connectivity index is 2.28. The van der Waals surface area contributed by atoms with Crippen molar-refractivity contribution in [3.8, 4) is 0 Å². The summed E-state index contributed by atoms with van der Waals surface area (Å²) >= 11 is 0. The molecule has 0 heterocycles. The first kappa shape index (κ1) is 14.1. The minimum Gasteiger partial charge on any atom is -0.467 e. The van der Waals surface area contributed by atoms with E-state index in [-0.39, 0.29) is 5.97 Å². The molecule has 0 spiro atoms. The Morgan fingerprint density at radius 3 is 2.58 bits per heavy atom. The van der Waals surface area contributed by atoms with Crippen molar-refractivity contribution in [2.45, 2.75) is 38.1 Å². The van der Waals surface area contributed by atoms with Gasteiger partial charge in [-0.15, -0.1) is 0 Å².